The fraction of sp³-hybridized carbons (Fsp3) is 0.293. The number of para-hydroxylation sites is 1. The average molecular weight is 825 g/mol. The molecule has 7 rings (SSSR count). The molecule has 58 heavy (non-hydrogen) atoms. The lowest BCUT2D eigenvalue weighted by atomic mass is 10.1. The van der Waals surface area contributed by atoms with Crippen LogP contribution in [0.1, 0.15) is 45.2 Å². The highest BCUT2D eigenvalue weighted by molar-refractivity contribution is 8.14. The molecule has 2 saturated heterocycles. The van der Waals surface area contributed by atoms with E-state index in [9.17, 15) is 24.0 Å². The number of hydrogen-bond acceptors (Lipinski definition) is 14. The molecular weight excluding hydrogens is 785 g/mol. The number of carbonyl (C=O) groups is 5. The van der Waals surface area contributed by atoms with Gasteiger partial charge in [0.05, 0.1) is 26.0 Å². The number of methoxy groups -OCH3 is 2. The molecule has 2 aliphatic heterocycles. The summed E-state index contributed by atoms with van der Waals surface area (Å²) in [6.07, 6.45) is 1.42. The SMILES string of the molecule is COc1cc2nc(N3CCN(C(=O)c4ccco4)CC3)nc(NC(=O)C3CSC(c4ccccc4OC(C)=O)N3C(=O)CCSC(=O)c3ccccc3)c2cc1OC. The Morgan fingerprint density at radius 2 is 1.60 bits per heavy atom. The number of ether oxygens (including phenoxy) is 3. The first-order valence-electron chi connectivity index (χ1n) is 18.4. The molecule has 2 aliphatic rings. The number of furan rings is 1. The Hall–Kier alpha value is -6.07. The summed E-state index contributed by atoms with van der Waals surface area (Å²) in [6, 6.07) is 21.4. The van der Waals surface area contributed by atoms with Crippen LogP contribution in [0, 0.1) is 0 Å². The number of amides is 3. The first-order chi connectivity index (χ1) is 28.1. The molecule has 2 atom stereocenters. The number of hydrogen-bond donors (Lipinski definition) is 1. The van der Waals surface area contributed by atoms with Crippen LogP contribution in [0.5, 0.6) is 17.2 Å². The normalized spacial score (nSPS) is 16.6. The molecule has 1 N–H and O–H groups in total. The van der Waals surface area contributed by atoms with Crippen LogP contribution in [0.15, 0.2) is 89.5 Å². The summed E-state index contributed by atoms with van der Waals surface area (Å²) in [5, 5.41) is 2.62. The summed E-state index contributed by atoms with van der Waals surface area (Å²) in [7, 11) is 3.01. The molecule has 5 aromatic rings. The Morgan fingerprint density at radius 1 is 0.879 bits per heavy atom. The molecule has 2 fully saturated rings. The number of esters is 1. The van der Waals surface area contributed by atoms with Crippen molar-refractivity contribution in [2.45, 2.75) is 24.8 Å². The Kier molecular flexibility index (Phi) is 12.5. The van der Waals surface area contributed by atoms with Gasteiger partial charge in [0, 0.05) is 73.6 Å². The Labute approximate surface area is 342 Å². The van der Waals surface area contributed by atoms with Crippen LogP contribution in [0.2, 0.25) is 0 Å². The molecule has 0 spiro atoms. The maximum Gasteiger partial charge on any atom is 0.308 e. The number of anilines is 2. The molecule has 17 heteroatoms. The Bertz CT molecular complexity index is 2320. The third-order valence-corrected chi connectivity index (χ3v) is 11.8. The molecule has 3 aromatic carbocycles. The standard InChI is InChI=1S/C41H40N6O9S2/c1-25(48)56-31-13-8-7-12-27(31)39-47(35(49)15-21-57-40(52)26-10-5-4-6-11-26)30(24-58-39)37(50)43-36-28-22-33(53-2)34(54-3)23-29(28)42-41(44-36)46-18-16-45(17-19-46)38(51)32-14-9-20-55-32/h4-14,20,22-23,30,39H,15-19,21,24H2,1-3H3,(H,42,43,44,50). The van der Waals surface area contributed by atoms with Gasteiger partial charge < -0.3 is 38.6 Å². The summed E-state index contributed by atoms with van der Waals surface area (Å²) in [6.45, 7) is 2.89. The van der Waals surface area contributed by atoms with Crippen LogP contribution in [-0.4, -0.2) is 107 Å². The topological polar surface area (TPSA) is 174 Å². The highest BCUT2D eigenvalue weighted by Gasteiger charge is 2.43. The summed E-state index contributed by atoms with van der Waals surface area (Å²) in [4.78, 5) is 81.4. The second kappa shape index (κ2) is 18.0. The molecule has 2 unspecified atom stereocenters. The van der Waals surface area contributed by atoms with E-state index >= 15 is 0 Å². The number of nitrogens with one attached hydrogen (secondary N) is 1. The van der Waals surface area contributed by atoms with Gasteiger partial charge in [-0.05, 0) is 24.3 Å². The maximum atomic E-state index is 14.5. The monoisotopic (exact) mass is 824 g/mol. The lowest BCUT2D eigenvalue weighted by molar-refractivity contribution is -0.137. The van der Waals surface area contributed by atoms with E-state index in [1.807, 2.05) is 11.0 Å². The van der Waals surface area contributed by atoms with Crippen molar-refractivity contribution < 1.29 is 42.6 Å². The van der Waals surface area contributed by atoms with E-state index in [1.54, 1.807) is 77.7 Å². The summed E-state index contributed by atoms with van der Waals surface area (Å²) < 4.78 is 22.0. The van der Waals surface area contributed by atoms with Gasteiger partial charge >= 0.3 is 5.97 Å². The number of aromatic nitrogens is 2. The lowest BCUT2D eigenvalue weighted by Crippen LogP contribution is -2.49. The highest BCUT2D eigenvalue weighted by Crippen LogP contribution is 2.45. The zero-order chi connectivity index (χ0) is 40.8. The number of thioether (sulfide) groups is 2. The van der Waals surface area contributed by atoms with Crippen molar-refractivity contribution in [3.8, 4) is 17.2 Å². The molecular formula is C41H40N6O9S2. The quantitative estimate of drug-likeness (QED) is 0.120. The Morgan fingerprint density at radius 3 is 2.31 bits per heavy atom. The zero-order valence-corrected chi connectivity index (χ0v) is 33.5. The van der Waals surface area contributed by atoms with E-state index < -0.39 is 23.3 Å². The fourth-order valence-corrected chi connectivity index (χ4v) is 8.99. The van der Waals surface area contributed by atoms with Crippen LogP contribution in [-0.2, 0) is 14.4 Å². The molecule has 3 amide bonds. The van der Waals surface area contributed by atoms with Crippen LogP contribution < -0.4 is 24.4 Å². The van der Waals surface area contributed by atoms with Gasteiger partial charge in [0.25, 0.3) is 5.91 Å². The summed E-state index contributed by atoms with van der Waals surface area (Å²) in [5.74, 6) is 0.658. The third-order valence-electron chi connectivity index (χ3n) is 9.60. The molecule has 2 aromatic heterocycles. The van der Waals surface area contributed by atoms with E-state index in [0.29, 0.717) is 65.7 Å². The molecule has 15 nitrogen and oxygen atoms in total. The Balaban J connectivity index is 1.17. The number of fused-ring (bicyclic) bond motifs is 1. The van der Waals surface area contributed by atoms with E-state index in [0.717, 1.165) is 11.8 Å². The molecule has 300 valence electrons. The third kappa shape index (κ3) is 8.74. The molecule has 0 saturated carbocycles. The predicted molar refractivity (Wildman–Crippen MR) is 220 cm³/mol. The number of benzene rings is 3. The van der Waals surface area contributed by atoms with Gasteiger partial charge in [-0.25, -0.2) is 4.98 Å². The smallest absolute Gasteiger partial charge is 0.308 e. The average Bonchev–Trinajstić information content (AvgIpc) is 3.95. The first-order valence-corrected chi connectivity index (χ1v) is 20.4. The predicted octanol–water partition coefficient (Wildman–Crippen LogP) is 5.67. The van der Waals surface area contributed by atoms with Gasteiger partial charge in [-0.1, -0.05) is 60.3 Å². The second-order valence-electron chi connectivity index (χ2n) is 13.2. The second-order valence-corrected chi connectivity index (χ2v) is 15.4. The van der Waals surface area contributed by atoms with Gasteiger partial charge in [-0.2, -0.15) is 4.98 Å². The van der Waals surface area contributed by atoms with Crippen molar-refractivity contribution in [3.63, 3.8) is 0 Å². The van der Waals surface area contributed by atoms with Gasteiger partial charge in [0.15, 0.2) is 17.3 Å². The van der Waals surface area contributed by atoms with Crippen molar-refractivity contribution in [2.75, 3.05) is 62.1 Å². The molecule has 0 aliphatic carbocycles. The number of carbonyl (C=O) groups excluding carboxylic acids is 5. The maximum absolute atomic E-state index is 14.5. The van der Waals surface area contributed by atoms with Crippen LogP contribution >= 0.6 is 23.5 Å². The fourth-order valence-electron chi connectivity index (χ4n) is 6.75. The summed E-state index contributed by atoms with van der Waals surface area (Å²) >= 11 is 2.39. The van der Waals surface area contributed by atoms with Gasteiger partial charge in [-0.15, -0.1) is 11.8 Å². The number of nitrogens with zero attached hydrogens (tertiary/aromatic N) is 5. The van der Waals surface area contributed by atoms with Crippen LogP contribution in [0.3, 0.4) is 0 Å². The van der Waals surface area contributed by atoms with Crippen molar-refractivity contribution in [3.05, 3.63) is 102 Å². The van der Waals surface area contributed by atoms with Gasteiger partial charge in [-0.3, -0.25) is 24.0 Å². The molecule has 4 heterocycles. The minimum atomic E-state index is -0.979. The van der Waals surface area contributed by atoms with E-state index in [1.165, 1.54) is 44.1 Å². The molecule has 0 bridgehead atoms. The van der Waals surface area contributed by atoms with E-state index in [4.69, 9.17) is 28.6 Å². The number of piperazine rings is 1. The molecule has 0 radical (unpaired) electrons. The largest absolute Gasteiger partial charge is 0.493 e. The van der Waals surface area contributed by atoms with Crippen LogP contribution in [0.4, 0.5) is 11.8 Å². The summed E-state index contributed by atoms with van der Waals surface area (Å²) in [5.41, 5.74) is 1.54. The van der Waals surface area contributed by atoms with Crippen molar-refractivity contribution in [1.29, 1.82) is 0 Å². The van der Waals surface area contributed by atoms with Gasteiger partial charge in [0.1, 0.15) is 23.0 Å². The van der Waals surface area contributed by atoms with E-state index in [2.05, 4.69) is 5.32 Å². The minimum absolute atomic E-state index is 0.0359. The van der Waals surface area contributed by atoms with Gasteiger partial charge in [0.2, 0.25) is 22.9 Å². The van der Waals surface area contributed by atoms with Crippen molar-refractivity contribution >= 4 is 75.0 Å². The number of rotatable bonds is 12. The van der Waals surface area contributed by atoms with Crippen molar-refractivity contribution in [2.24, 2.45) is 0 Å². The lowest BCUT2D eigenvalue weighted by Gasteiger charge is -2.34. The highest BCUT2D eigenvalue weighted by atomic mass is 32.2. The van der Waals surface area contributed by atoms with Crippen molar-refractivity contribution in [1.82, 2.24) is 19.8 Å². The minimum Gasteiger partial charge on any atom is -0.493 e. The first kappa shape index (κ1) is 40.1. The zero-order valence-electron chi connectivity index (χ0n) is 31.9. The van der Waals surface area contributed by atoms with Crippen LogP contribution in [0.25, 0.3) is 10.9 Å². The van der Waals surface area contributed by atoms with E-state index in [-0.39, 0.29) is 52.2 Å².